The molecule has 14 heavy (non-hydrogen) atoms. The minimum Gasteiger partial charge on any atom is -0.374 e. The molecule has 0 aromatic carbocycles. The van der Waals surface area contributed by atoms with E-state index < -0.39 is 0 Å². The number of nitrogens with zero attached hydrogens (tertiary/aromatic N) is 3. The summed E-state index contributed by atoms with van der Waals surface area (Å²) in [4.78, 5) is 12.3. The Labute approximate surface area is 83.7 Å². The van der Waals surface area contributed by atoms with E-state index in [4.69, 9.17) is 10.5 Å². The molecule has 1 atom stereocenters. The summed E-state index contributed by atoms with van der Waals surface area (Å²) < 4.78 is 5.12. The quantitative estimate of drug-likeness (QED) is 0.780. The van der Waals surface area contributed by atoms with E-state index in [1.165, 1.54) is 0 Å². The second kappa shape index (κ2) is 4.85. The Morgan fingerprint density at radius 2 is 2.07 bits per heavy atom. The van der Waals surface area contributed by atoms with Gasteiger partial charge in [-0.25, -0.2) is 4.98 Å². The fourth-order valence-corrected chi connectivity index (χ4v) is 1.08. The molecule has 5 heteroatoms. The zero-order valence-corrected chi connectivity index (χ0v) is 8.82. The fraction of sp³-hybridized carbons (Fsp3) is 0.667. The minimum atomic E-state index is -0.143. The van der Waals surface area contributed by atoms with Crippen molar-refractivity contribution < 1.29 is 4.74 Å². The van der Waals surface area contributed by atoms with Crippen LogP contribution in [0.3, 0.4) is 0 Å². The molecule has 0 spiro atoms. The maximum Gasteiger partial charge on any atom is 0.223 e. The average Bonchev–Trinajstić information content (AvgIpc) is 2.16. The van der Waals surface area contributed by atoms with Crippen LogP contribution in [0.4, 0.5) is 5.95 Å². The van der Waals surface area contributed by atoms with Gasteiger partial charge in [-0.2, -0.15) is 9.97 Å². The standard InChI is InChI=1S/C9H16N4O/c1-4-5-7-11-8(6(2)14-3)13-9(10)12-7/h6H,4-5H2,1-3H3,(H2,10,11,12,13). The Bertz CT molecular complexity index is 303. The molecular weight excluding hydrogens is 180 g/mol. The summed E-state index contributed by atoms with van der Waals surface area (Å²) in [7, 11) is 1.62. The van der Waals surface area contributed by atoms with E-state index >= 15 is 0 Å². The van der Waals surface area contributed by atoms with Crippen molar-refractivity contribution in [2.24, 2.45) is 0 Å². The number of hydrogen-bond donors (Lipinski definition) is 1. The maximum atomic E-state index is 5.56. The van der Waals surface area contributed by atoms with Gasteiger partial charge in [0.25, 0.3) is 0 Å². The number of aryl methyl sites for hydroxylation is 1. The summed E-state index contributed by atoms with van der Waals surface area (Å²) in [6.45, 7) is 3.95. The molecule has 78 valence electrons. The minimum absolute atomic E-state index is 0.143. The molecule has 1 heterocycles. The van der Waals surface area contributed by atoms with Crippen LogP contribution < -0.4 is 5.73 Å². The molecule has 1 unspecified atom stereocenters. The Morgan fingerprint density at radius 1 is 1.36 bits per heavy atom. The van der Waals surface area contributed by atoms with Gasteiger partial charge in [0.05, 0.1) is 0 Å². The Morgan fingerprint density at radius 3 is 2.64 bits per heavy atom. The predicted molar refractivity (Wildman–Crippen MR) is 53.7 cm³/mol. The van der Waals surface area contributed by atoms with Crippen LogP contribution >= 0.6 is 0 Å². The van der Waals surface area contributed by atoms with E-state index in [1.807, 2.05) is 6.92 Å². The average molecular weight is 196 g/mol. The van der Waals surface area contributed by atoms with Gasteiger partial charge >= 0.3 is 0 Å². The molecular formula is C9H16N4O. The molecule has 1 aromatic heterocycles. The topological polar surface area (TPSA) is 73.9 Å². The Balaban J connectivity index is 2.94. The van der Waals surface area contributed by atoms with Crippen LogP contribution in [0.5, 0.6) is 0 Å². The highest BCUT2D eigenvalue weighted by Gasteiger charge is 2.10. The number of rotatable bonds is 4. The van der Waals surface area contributed by atoms with Crippen molar-refractivity contribution in [1.29, 1.82) is 0 Å². The van der Waals surface area contributed by atoms with Gasteiger partial charge in [-0.15, -0.1) is 0 Å². The molecule has 0 aliphatic heterocycles. The summed E-state index contributed by atoms with van der Waals surface area (Å²) in [5, 5.41) is 0. The molecule has 0 amide bonds. The number of nitrogen functional groups attached to an aromatic ring is 1. The molecule has 0 bridgehead atoms. The molecule has 0 fully saturated rings. The van der Waals surface area contributed by atoms with Crippen LogP contribution in [0.25, 0.3) is 0 Å². The van der Waals surface area contributed by atoms with Crippen LogP contribution in [-0.4, -0.2) is 22.1 Å². The molecule has 0 saturated carbocycles. The first kappa shape index (κ1) is 10.8. The van der Waals surface area contributed by atoms with E-state index in [-0.39, 0.29) is 12.1 Å². The van der Waals surface area contributed by atoms with Crippen molar-refractivity contribution in [3.63, 3.8) is 0 Å². The second-order valence-electron chi connectivity index (χ2n) is 3.10. The lowest BCUT2D eigenvalue weighted by Crippen LogP contribution is -2.10. The number of nitrogens with two attached hydrogens (primary N) is 1. The van der Waals surface area contributed by atoms with E-state index in [9.17, 15) is 0 Å². The highest BCUT2D eigenvalue weighted by Crippen LogP contribution is 2.11. The van der Waals surface area contributed by atoms with Gasteiger partial charge in [-0.05, 0) is 13.3 Å². The zero-order chi connectivity index (χ0) is 10.6. The van der Waals surface area contributed by atoms with Crippen LogP contribution in [0, 0.1) is 0 Å². The first-order chi connectivity index (χ1) is 6.67. The lowest BCUT2D eigenvalue weighted by Gasteiger charge is -2.09. The van der Waals surface area contributed by atoms with Crippen molar-refractivity contribution in [3.8, 4) is 0 Å². The van der Waals surface area contributed by atoms with Gasteiger partial charge in [0, 0.05) is 13.5 Å². The third-order valence-corrected chi connectivity index (χ3v) is 1.91. The maximum absolute atomic E-state index is 5.56. The summed E-state index contributed by atoms with van der Waals surface area (Å²) in [5.74, 6) is 1.60. The highest BCUT2D eigenvalue weighted by molar-refractivity contribution is 5.16. The molecule has 1 rings (SSSR count). The molecule has 0 aliphatic rings. The summed E-state index contributed by atoms with van der Waals surface area (Å²) >= 11 is 0. The Hall–Kier alpha value is -1.23. The third kappa shape index (κ3) is 2.63. The number of hydrogen-bond acceptors (Lipinski definition) is 5. The number of ether oxygens (including phenoxy) is 1. The summed E-state index contributed by atoms with van der Waals surface area (Å²) in [5.41, 5.74) is 5.56. The van der Waals surface area contributed by atoms with Crippen LogP contribution in [-0.2, 0) is 11.2 Å². The van der Waals surface area contributed by atoms with Crippen molar-refractivity contribution in [2.45, 2.75) is 32.8 Å². The van der Waals surface area contributed by atoms with Crippen molar-refractivity contribution in [2.75, 3.05) is 12.8 Å². The third-order valence-electron chi connectivity index (χ3n) is 1.91. The van der Waals surface area contributed by atoms with E-state index in [0.29, 0.717) is 5.82 Å². The molecule has 2 N–H and O–H groups in total. The van der Waals surface area contributed by atoms with Gasteiger partial charge in [-0.1, -0.05) is 6.92 Å². The van der Waals surface area contributed by atoms with Crippen molar-refractivity contribution in [1.82, 2.24) is 15.0 Å². The number of anilines is 1. The summed E-state index contributed by atoms with van der Waals surface area (Å²) in [6, 6.07) is 0. The van der Waals surface area contributed by atoms with Crippen LogP contribution in [0.1, 0.15) is 38.0 Å². The zero-order valence-electron chi connectivity index (χ0n) is 8.82. The van der Waals surface area contributed by atoms with E-state index in [2.05, 4.69) is 21.9 Å². The van der Waals surface area contributed by atoms with Crippen molar-refractivity contribution >= 4 is 5.95 Å². The smallest absolute Gasteiger partial charge is 0.223 e. The SMILES string of the molecule is CCCc1nc(N)nc(C(C)OC)n1. The number of aromatic nitrogens is 3. The van der Waals surface area contributed by atoms with E-state index in [1.54, 1.807) is 7.11 Å². The number of methoxy groups -OCH3 is 1. The highest BCUT2D eigenvalue weighted by atomic mass is 16.5. The van der Waals surface area contributed by atoms with Gasteiger partial charge in [0.2, 0.25) is 5.95 Å². The summed E-state index contributed by atoms with van der Waals surface area (Å²) in [6.07, 6.45) is 1.66. The largest absolute Gasteiger partial charge is 0.374 e. The fourth-order valence-electron chi connectivity index (χ4n) is 1.08. The predicted octanol–water partition coefficient (Wildman–Crippen LogP) is 1.11. The Kier molecular flexibility index (Phi) is 3.76. The first-order valence-electron chi connectivity index (χ1n) is 4.70. The van der Waals surface area contributed by atoms with E-state index in [0.717, 1.165) is 18.7 Å². The van der Waals surface area contributed by atoms with Crippen LogP contribution in [0.2, 0.25) is 0 Å². The molecule has 0 radical (unpaired) electrons. The first-order valence-corrected chi connectivity index (χ1v) is 4.70. The monoisotopic (exact) mass is 196 g/mol. The lowest BCUT2D eigenvalue weighted by atomic mass is 10.3. The normalized spacial score (nSPS) is 12.8. The van der Waals surface area contributed by atoms with Crippen LogP contribution in [0.15, 0.2) is 0 Å². The molecule has 0 saturated heterocycles. The van der Waals surface area contributed by atoms with Gasteiger partial charge in [-0.3, -0.25) is 0 Å². The van der Waals surface area contributed by atoms with Gasteiger partial charge < -0.3 is 10.5 Å². The molecule has 0 aliphatic carbocycles. The lowest BCUT2D eigenvalue weighted by molar-refractivity contribution is 0.111. The molecule has 5 nitrogen and oxygen atoms in total. The second-order valence-corrected chi connectivity index (χ2v) is 3.10. The van der Waals surface area contributed by atoms with Gasteiger partial charge in [0.1, 0.15) is 11.9 Å². The van der Waals surface area contributed by atoms with Crippen molar-refractivity contribution in [3.05, 3.63) is 11.6 Å². The van der Waals surface area contributed by atoms with Gasteiger partial charge in [0.15, 0.2) is 5.82 Å². The molecule has 1 aromatic rings.